The van der Waals surface area contributed by atoms with E-state index in [2.05, 4.69) is 15.3 Å². The minimum atomic E-state index is -0.240. The molecule has 1 fully saturated rings. The molecule has 7 nitrogen and oxygen atoms in total. The fourth-order valence-electron chi connectivity index (χ4n) is 3.78. The van der Waals surface area contributed by atoms with Gasteiger partial charge in [-0.1, -0.05) is 0 Å². The number of hydrogen-bond donors (Lipinski definition) is 1. The first-order valence-electron chi connectivity index (χ1n) is 9.46. The molecule has 0 spiro atoms. The van der Waals surface area contributed by atoms with E-state index >= 15 is 0 Å². The summed E-state index contributed by atoms with van der Waals surface area (Å²) in [6.07, 6.45) is 2.97. The molecule has 0 aliphatic carbocycles. The second-order valence-corrected chi connectivity index (χ2v) is 7.28. The van der Waals surface area contributed by atoms with Crippen LogP contribution in [-0.4, -0.2) is 42.5 Å². The van der Waals surface area contributed by atoms with E-state index in [1.165, 1.54) is 0 Å². The molecule has 1 aromatic heterocycles. The highest BCUT2D eigenvalue weighted by molar-refractivity contribution is 5.96. The van der Waals surface area contributed by atoms with E-state index in [0.29, 0.717) is 13.0 Å². The number of aromatic nitrogens is 2. The number of nitrogens with zero attached hydrogens (tertiary/aromatic N) is 3. The molecule has 7 heteroatoms. The normalized spacial score (nSPS) is 18.8. The zero-order valence-corrected chi connectivity index (χ0v) is 16.1. The summed E-state index contributed by atoms with van der Waals surface area (Å²) in [7, 11) is 3.55. The molecule has 2 aliphatic rings. The van der Waals surface area contributed by atoms with E-state index in [1.54, 1.807) is 7.11 Å². The second kappa shape index (κ2) is 7.13. The lowest BCUT2D eigenvalue weighted by Crippen LogP contribution is -2.33. The Hall–Kier alpha value is -2.70. The van der Waals surface area contributed by atoms with E-state index in [-0.39, 0.29) is 11.8 Å². The van der Waals surface area contributed by atoms with Gasteiger partial charge in [0.25, 0.3) is 0 Å². The number of ether oxygens (including phenoxy) is 2. The van der Waals surface area contributed by atoms with Crippen LogP contribution in [0.1, 0.15) is 24.1 Å². The van der Waals surface area contributed by atoms with E-state index < -0.39 is 0 Å². The molecule has 144 valence electrons. The first-order valence-corrected chi connectivity index (χ1v) is 9.46. The largest absolute Gasteiger partial charge is 0.497 e. The minimum Gasteiger partial charge on any atom is -0.497 e. The Balaban J connectivity index is 1.53. The fraction of sp³-hybridized carbons (Fsp3) is 0.500. The van der Waals surface area contributed by atoms with Crippen LogP contribution in [0.2, 0.25) is 0 Å². The highest BCUT2D eigenvalue weighted by atomic mass is 16.5. The number of benzene rings is 1. The molecule has 0 radical (unpaired) electrons. The van der Waals surface area contributed by atoms with Crippen LogP contribution in [0.5, 0.6) is 11.5 Å². The van der Waals surface area contributed by atoms with Crippen LogP contribution >= 0.6 is 0 Å². The molecule has 1 atom stereocenters. The van der Waals surface area contributed by atoms with E-state index in [1.807, 2.05) is 36.9 Å². The van der Waals surface area contributed by atoms with Crippen molar-refractivity contribution in [2.45, 2.75) is 26.2 Å². The molecule has 1 aromatic carbocycles. The standard InChI is InChI=1S/C20H26N4O3/c1-13-18(19(22-23(13)2)24-8-4-5-9-24)21-20(25)15-10-14-11-16(26-3)6-7-17(14)27-12-15/h6-7,11,15H,4-5,8-10,12H2,1-3H3,(H,21,25). The van der Waals surface area contributed by atoms with E-state index in [0.717, 1.165) is 60.2 Å². The third-order valence-electron chi connectivity index (χ3n) is 5.51. The summed E-state index contributed by atoms with van der Waals surface area (Å²) in [5, 5.41) is 7.76. The monoisotopic (exact) mass is 370 g/mol. The molecule has 0 bridgehead atoms. The van der Waals surface area contributed by atoms with Gasteiger partial charge in [0.05, 0.1) is 18.7 Å². The van der Waals surface area contributed by atoms with Crippen molar-refractivity contribution < 1.29 is 14.3 Å². The summed E-state index contributed by atoms with van der Waals surface area (Å²) in [5.41, 5.74) is 2.79. The van der Waals surface area contributed by atoms with Crippen LogP contribution < -0.4 is 19.7 Å². The van der Waals surface area contributed by atoms with Crippen molar-refractivity contribution in [3.05, 3.63) is 29.5 Å². The zero-order valence-electron chi connectivity index (χ0n) is 16.1. The summed E-state index contributed by atoms with van der Waals surface area (Å²) < 4.78 is 12.9. The Morgan fingerprint density at radius 2 is 2.11 bits per heavy atom. The van der Waals surface area contributed by atoms with Gasteiger partial charge in [0.15, 0.2) is 5.82 Å². The number of rotatable bonds is 4. The predicted octanol–water partition coefficient (Wildman–Crippen LogP) is 2.53. The highest BCUT2D eigenvalue weighted by Crippen LogP contribution is 2.33. The third-order valence-corrected chi connectivity index (χ3v) is 5.51. The maximum Gasteiger partial charge on any atom is 0.231 e. The fourth-order valence-corrected chi connectivity index (χ4v) is 3.78. The SMILES string of the molecule is COc1ccc2c(c1)CC(C(=O)Nc1c(N3CCCC3)nn(C)c1C)CO2. The number of amides is 1. The van der Waals surface area contributed by atoms with E-state index in [9.17, 15) is 4.79 Å². The molecule has 27 heavy (non-hydrogen) atoms. The maximum absolute atomic E-state index is 13.0. The lowest BCUT2D eigenvalue weighted by Gasteiger charge is -2.25. The Morgan fingerprint density at radius 3 is 2.85 bits per heavy atom. The van der Waals surface area contributed by atoms with Crippen molar-refractivity contribution in [2.75, 3.05) is 37.0 Å². The lowest BCUT2D eigenvalue weighted by atomic mass is 9.95. The predicted molar refractivity (Wildman–Crippen MR) is 104 cm³/mol. The Kier molecular flexibility index (Phi) is 4.68. The second-order valence-electron chi connectivity index (χ2n) is 7.28. The quantitative estimate of drug-likeness (QED) is 0.896. The summed E-state index contributed by atoms with van der Waals surface area (Å²) in [4.78, 5) is 15.2. The van der Waals surface area contributed by atoms with Gasteiger partial charge in [-0.3, -0.25) is 9.48 Å². The molecule has 3 heterocycles. The van der Waals surface area contributed by atoms with Crippen molar-refractivity contribution in [1.29, 1.82) is 0 Å². The third kappa shape index (κ3) is 3.34. The summed E-state index contributed by atoms with van der Waals surface area (Å²) >= 11 is 0. The van der Waals surface area contributed by atoms with Gasteiger partial charge in [-0.05, 0) is 49.9 Å². The number of fused-ring (bicyclic) bond motifs is 1. The van der Waals surface area contributed by atoms with Crippen molar-refractivity contribution in [3.8, 4) is 11.5 Å². The first-order chi connectivity index (χ1) is 13.1. The molecular weight excluding hydrogens is 344 g/mol. The van der Waals surface area contributed by atoms with Crippen LogP contribution in [0.4, 0.5) is 11.5 Å². The van der Waals surface area contributed by atoms with Gasteiger partial charge in [-0.15, -0.1) is 0 Å². The minimum absolute atomic E-state index is 0.0278. The van der Waals surface area contributed by atoms with Crippen molar-refractivity contribution in [1.82, 2.24) is 9.78 Å². The van der Waals surface area contributed by atoms with Gasteiger partial charge in [0, 0.05) is 20.1 Å². The molecule has 1 amide bonds. The van der Waals surface area contributed by atoms with Crippen LogP contribution in [0.25, 0.3) is 0 Å². The lowest BCUT2D eigenvalue weighted by molar-refractivity contribution is -0.121. The Morgan fingerprint density at radius 1 is 1.33 bits per heavy atom. The number of nitrogens with one attached hydrogen (secondary N) is 1. The summed E-state index contributed by atoms with van der Waals surface area (Å²) in [6.45, 7) is 4.33. The molecule has 1 saturated heterocycles. The number of aryl methyl sites for hydroxylation is 1. The number of methoxy groups -OCH3 is 1. The van der Waals surface area contributed by atoms with E-state index in [4.69, 9.17) is 9.47 Å². The maximum atomic E-state index is 13.0. The zero-order chi connectivity index (χ0) is 19.0. The van der Waals surface area contributed by atoms with Crippen LogP contribution in [0, 0.1) is 12.8 Å². The van der Waals surface area contributed by atoms with Gasteiger partial charge in [-0.25, -0.2) is 0 Å². The Bertz CT molecular complexity index is 855. The average Bonchev–Trinajstić information content (AvgIpc) is 3.31. The van der Waals surface area contributed by atoms with Crippen LogP contribution in [-0.2, 0) is 18.3 Å². The summed E-state index contributed by atoms with van der Waals surface area (Å²) in [6, 6.07) is 5.72. The van der Waals surface area contributed by atoms with Gasteiger partial charge >= 0.3 is 0 Å². The van der Waals surface area contributed by atoms with Crippen molar-refractivity contribution >= 4 is 17.4 Å². The Labute approximate surface area is 159 Å². The first kappa shape index (κ1) is 17.7. The van der Waals surface area contributed by atoms with Gasteiger partial charge in [0.2, 0.25) is 5.91 Å². The summed E-state index contributed by atoms with van der Waals surface area (Å²) in [5.74, 6) is 2.21. The van der Waals surface area contributed by atoms with Crippen LogP contribution in [0.15, 0.2) is 18.2 Å². The number of carbonyl (C=O) groups is 1. The van der Waals surface area contributed by atoms with Gasteiger partial charge in [0.1, 0.15) is 23.8 Å². The molecule has 1 unspecified atom stereocenters. The molecule has 0 saturated carbocycles. The average molecular weight is 370 g/mol. The number of anilines is 2. The molecule has 2 aromatic rings. The molecular formula is C20H26N4O3. The molecule has 2 aliphatic heterocycles. The number of hydrogen-bond acceptors (Lipinski definition) is 5. The number of carbonyl (C=O) groups excluding carboxylic acids is 1. The van der Waals surface area contributed by atoms with Crippen LogP contribution in [0.3, 0.4) is 0 Å². The smallest absolute Gasteiger partial charge is 0.231 e. The van der Waals surface area contributed by atoms with Gasteiger partial charge < -0.3 is 19.7 Å². The van der Waals surface area contributed by atoms with Crippen molar-refractivity contribution in [3.63, 3.8) is 0 Å². The molecule has 4 rings (SSSR count). The van der Waals surface area contributed by atoms with Crippen molar-refractivity contribution in [2.24, 2.45) is 13.0 Å². The van der Waals surface area contributed by atoms with Gasteiger partial charge in [-0.2, -0.15) is 5.10 Å². The molecule has 1 N–H and O–H groups in total. The highest BCUT2D eigenvalue weighted by Gasteiger charge is 2.29. The topological polar surface area (TPSA) is 68.6 Å².